The Hall–Kier alpha value is -3.17. The highest BCUT2D eigenvalue weighted by Crippen LogP contribution is 2.24. The number of carbonyl (C=O) groups is 1. The number of aryl methyl sites for hydroxylation is 1. The average Bonchev–Trinajstić information content (AvgIpc) is 3.32. The summed E-state index contributed by atoms with van der Waals surface area (Å²) in [5.74, 6) is -1.16. The van der Waals surface area contributed by atoms with Crippen molar-refractivity contribution in [2.45, 2.75) is 25.8 Å². The number of carbonyl (C=O) groups excluding carboxylic acids is 1. The molecule has 1 unspecified atom stereocenters. The van der Waals surface area contributed by atoms with E-state index in [4.69, 9.17) is 4.52 Å². The fourth-order valence-electron chi connectivity index (χ4n) is 3.15. The first-order valence-corrected chi connectivity index (χ1v) is 8.48. The number of hydrogen-bond acceptors (Lipinski definition) is 6. The molecule has 1 fully saturated rings. The summed E-state index contributed by atoms with van der Waals surface area (Å²) in [7, 11) is 0. The zero-order valence-electron chi connectivity index (χ0n) is 14.5. The van der Waals surface area contributed by atoms with Gasteiger partial charge in [-0.2, -0.15) is 4.98 Å². The molecular weight excluding hydrogens is 358 g/mol. The summed E-state index contributed by atoms with van der Waals surface area (Å²) in [6.45, 7) is 2.47. The Bertz CT molecular complexity index is 985. The van der Waals surface area contributed by atoms with E-state index in [9.17, 15) is 13.6 Å². The van der Waals surface area contributed by atoms with E-state index < -0.39 is 17.5 Å². The highest BCUT2D eigenvalue weighted by Gasteiger charge is 2.28. The second-order valence-electron chi connectivity index (χ2n) is 6.39. The van der Waals surface area contributed by atoms with E-state index in [0.717, 1.165) is 24.6 Å². The van der Waals surface area contributed by atoms with Gasteiger partial charge in [0.25, 0.3) is 5.91 Å². The van der Waals surface area contributed by atoms with Crippen molar-refractivity contribution in [1.29, 1.82) is 0 Å². The molecule has 1 saturated heterocycles. The summed E-state index contributed by atoms with van der Waals surface area (Å²) in [4.78, 5) is 18.2. The van der Waals surface area contributed by atoms with Crippen molar-refractivity contribution in [2.24, 2.45) is 0 Å². The number of aromatic nitrogens is 5. The Morgan fingerprint density at radius 3 is 2.96 bits per heavy atom. The van der Waals surface area contributed by atoms with Gasteiger partial charge in [0, 0.05) is 20.0 Å². The third-order valence-electron chi connectivity index (χ3n) is 4.48. The van der Waals surface area contributed by atoms with Crippen LogP contribution in [0.15, 0.2) is 28.9 Å². The van der Waals surface area contributed by atoms with Crippen molar-refractivity contribution in [3.63, 3.8) is 0 Å². The van der Waals surface area contributed by atoms with Crippen LogP contribution >= 0.6 is 0 Å². The van der Waals surface area contributed by atoms with E-state index >= 15 is 0 Å². The largest absolute Gasteiger partial charge is 0.339 e. The number of halogens is 2. The number of amides is 1. The summed E-state index contributed by atoms with van der Waals surface area (Å²) in [5, 5.41) is 11.9. The van der Waals surface area contributed by atoms with Gasteiger partial charge in [-0.15, -0.1) is 5.10 Å². The minimum Gasteiger partial charge on any atom is -0.339 e. The second kappa shape index (κ2) is 6.86. The van der Waals surface area contributed by atoms with E-state index in [1.807, 2.05) is 0 Å². The van der Waals surface area contributed by atoms with Crippen LogP contribution in [0.5, 0.6) is 0 Å². The number of likely N-dealkylation sites (tertiary alicyclic amines) is 1. The van der Waals surface area contributed by atoms with Gasteiger partial charge >= 0.3 is 0 Å². The van der Waals surface area contributed by atoms with Crippen LogP contribution in [0.4, 0.5) is 8.78 Å². The quantitative estimate of drug-likeness (QED) is 0.699. The van der Waals surface area contributed by atoms with Crippen molar-refractivity contribution in [2.75, 3.05) is 13.1 Å². The third-order valence-corrected chi connectivity index (χ3v) is 4.48. The van der Waals surface area contributed by atoms with Gasteiger partial charge in [-0.3, -0.25) is 4.79 Å². The number of hydrogen-bond donors (Lipinski definition) is 0. The molecular formula is C17H16F2N6O2. The number of piperidine rings is 1. The van der Waals surface area contributed by atoms with Crippen molar-refractivity contribution in [3.8, 4) is 11.5 Å². The van der Waals surface area contributed by atoms with Crippen LogP contribution in [0.1, 0.15) is 35.1 Å². The zero-order chi connectivity index (χ0) is 19.0. The third kappa shape index (κ3) is 3.42. The molecule has 0 bridgehead atoms. The highest BCUT2D eigenvalue weighted by molar-refractivity contribution is 5.94. The molecule has 10 heteroatoms. The maximum Gasteiger partial charge on any atom is 0.257 e. The first kappa shape index (κ1) is 17.3. The maximum absolute atomic E-state index is 13.9. The molecule has 4 rings (SSSR count). The van der Waals surface area contributed by atoms with E-state index in [-0.39, 0.29) is 11.6 Å². The molecule has 1 atom stereocenters. The average molecular weight is 374 g/mol. The molecule has 8 nitrogen and oxygen atoms in total. The predicted molar refractivity (Wildman–Crippen MR) is 88.6 cm³/mol. The van der Waals surface area contributed by atoms with E-state index in [1.165, 1.54) is 4.90 Å². The van der Waals surface area contributed by atoms with Gasteiger partial charge in [-0.05, 0) is 31.0 Å². The lowest BCUT2D eigenvalue weighted by atomic mass is 10.0. The minimum absolute atomic E-state index is 0.131. The van der Waals surface area contributed by atoms with E-state index in [1.54, 1.807) is 17.8 Å². The number of rotatable bonds is 3. The van der Waals surface area contributed by atoms with E-state index in [0.29, 0.717) is 36.9 Å². The van der Waals surface area contributed by atoms with Gasteiger partial charge in [0.2, 0.25) is 11.7 Å². The standard InChI is InChI=1S/C17H16F2N6O2/c1-10-20-16(22-27-10)15-9-25(23-21-15)12-3-2-6-24(8-12)17(26)13-7-11(18)4-5-14(13)19/h4-5,7,9,12H,2-3,6,8H2,1H3. The summed E-state index contributed by atoms with van der Waals surface area (Å²) >= 11 is 0. The van der Waals surface area contributed by atoms with Crippen LogP contribution < -0.4 is 0 Å². The molecule has 1 aliphatic rings. The Morgan fingerprint density at radius 1 is 1.33 bits per heavy atom. The Kier molecular flexibility index (Phi) is 4.38. The number of nitrogens with zero attached hydrogens (tertiary/aromatic N) is 6. The molecule has 27 heavy (non-hydrogen) atoms. The SMILES string of the molecule is Cc1nc(-c2cn(C3CCCN(C(=O)c4cc(F)ccc4F)C3)nn2)no1. The van der Waals surface area contributed by atoms with Gasteiger partial charge in [-0.1, -0.05) is 10.4 Å². The van der Waals surface area contributed by atoms with Crippen LogP contribution in [-0.2, 0) is 0 Å². The maximum atomic E-state index is 13.9. The van der Waals surface area contributed by atoms with Gasteiger partial charge in [0.15, 0.2) is 5.69 Å². The molecule has 0 saturated carbocycles. The first-order chi connectivity index (χ1) is 13.0. The molecule has 0 N–H and O–H groups in total. The van der Waals surface area contributed by atoms with Crippen LogP contribution in [0.2, 0.25) is 0 Å². The van der Waals surface area contributed by atoms with Crippen LogP contribution in [-0.4, -0.2) is 49.0 Å². The molecule has 3 aromatic rings. The molecule has 1 aromatic carbocycles. The fraction of sp³-hybridized carbons (Fsp3) is 0.353. The highest BCUT2D eigenvalue weighted by atomic mass is 19.1. The van der Waals surface area contributed by atoms with Crippen molar-refractivity contribution in [3.05, 3.63) is 47.5 Å². The lowest BCUT2D eigenvalue weighted by Crippen LogP contribution is -2.41. The van der Waals surface area contributed by atoms with Crippen LogP contribution in [0, 0.1) is 18.6 Å². The van der Waals surface area contributed by atoms with Crippen molar-refractivity contribution < 1.29 is 18.1 Å². The summed E-state index contributed by atoms with van der Waals surface area (Å²) in [6.07, 6.45) is 3.18. The Morgan fingerprint density at radius 2 is 2.19 bits per heavy atom. The molecule has 140 valence electrons. The minimum atomic E-state index is -0.737. The summed E-state index contributed by atoms with van der Waals surface area (Å²) in [6, 6.07) is 2.74. The van der Waals surface area contributed by atoms with E-state index in [2.05, 4.69) is 20.5 Å². The van der Waals surface area contributed by atoms with Gasteiger partial charge in [0.05, 0.1) is 17.8 Å². The summed E-state index contributed by atoms with van der Waals surface area (Å²) < 4.78 is 33.9. The molecule has 0 aliphatic carbocycles. The Labute approximate surface area is 152 Å². The molecule has 3 heterocycles. The van der Waals surface area contributed by atoms with Crippen LogP contribution in [0.3, 0.4) is 0 Å². The van der Waals surface area contributed by atoms with Gasteiger partial charge in [-0.25, -0.2) is 13.5 Å². The molecule has 1 amide bonds. The smallest absolute Gasteiger partial charge is 0.257 e. The summed E-state index contributed by atoms with van der Waals surface area (Å²) in [5.41, 5.74) is 0.198. The monoisotopic (exact) mass is 374 g/mol. The Balaban J connectivity index is 1.52. The first-order valence-electron chi connectivity index (χ1n) is 8.48. The molecule has 0 spiro atoms. The van der Waals surface area contributed by atoms with Crippen molar-refractivity contribution >= 4 is 5.91 Å². The second-order valence-corrected chi connectivity index (χ2v) is 6.39. The predicted octanol–water partition coefficient (Wildman–Crippen LogP) is 2.39. The number of benzene rings is 1. The van der Waals surface area contributed by atoms with Crippen LogP contribution in [0.25, 0.3) is 11.5 Å². The topological polar surface area (TPSA) is 89.9 Å². The molecule has 2 aromatic heterocycles. The van der Waals surface area contributed by atoms with Crippen molar-refractivity contribution in [1.82, 2.24) is 30.0 Å². The lowest BCUT2D eigenvalue weighted by Gasteiger charge is -2.32. The molecule has 0 radical (unpaired) electrons. The fourth-order valence-corrected chi connectivity index (χ4v) is 3.15. The van der Waals surface area contributed by atoms with Gasteiger partial charge < -0.3 is 9.42 Å². The normalized spacial score (nSPS) is 17.3. The van der Waals surface area contributed by atoms with Gasteiger partial charge in [0.1, 0.15) is 11.6 Å². The zero-order valence-corrected chi connectivity index (χ0v) is 14.5. The molecule has 1 aliphatic heterocycles. The lowest BCUT2D eigenvalue weighted by molar-refractivity contribution is 0.0666.